The van der Waals surface area contributed by atoms with Gasteiger partial charge in [-0.25, -0.2) is 4.98 Å². The van der Waals surface area contributed by atoms with Gasteiger partial charge in [-0.1, -0.05) is 23.4 Å². The van der Waals surface area contributed by atoms with Gasteiger partial charge in [-0.15, -0.1) is 5.10 Å². The Labute approximate surface area is 132 Å². The van der Waals surface area contributed by atoms with Gasteiger partial charge in [0.1, 0.15) is 5.03 Å². The van der Waals surface area contributed by atoms with E-state index in [1.807, 2.05) is 0 Å². The van der Waals surface area contributed by atoms with E-state index < -0.39 is 12.0 Å². The minimum Gasteiger partial charge on any atom is -0.216 e. The highest BCUT2D eigenvalue weighted by Crippen LogP contribution is 2.31. The van der Waals surface area contributed by atoms with Crippen LogP contribution in [0.2, 0.25) is 5.02 Å². The third kappa shape index (κ3) is 3.02. The maximum absolute atomic E-state index is 12.7. The largest absolute Gasteiger partial charge is 0.453 e. The first-order valence-electron chi connectivity index (χ1n) is 6.08. The number of hydrogen-bond acceptors (Lipinski definition) is 4. The van der Waals surface area contributed by atoms with Crippen LogP contribution in [0.1, 0.15) is 11.5 Å². The molecule has 0 aliphatic heterocycles. The molecule has 0 N–H and O–H groups in total. The van der Waals surface area contributed by atoms with Gasteiger partial charge in [0.15, 0.2) is 0 Å². The lowest BCUT2D eigenvalue weighted by Gasteiger charge is -2.05. The van der Waals surface area contributed by atoms with E-state index in [2.05, 4.69) is 15.1 Å². The lowest BCUT2D eigenvalue weighted by molar-refractivity contribution is -0.144. The zero-order chi connectivity index (χ0) is 15.9. The number of fused-ring (bicyclic) bond motifs is 1. The molecule has 3 rings (SSSR count). The predicted octanol–water partition coefficient (Wildman–Crippen LogP) is 4.26. The van der Waals surface area contributed by atoms with Gasteiger partial charge in [-0.05, 0) is 37.3 Å². The number of nitrogens with zero attached hydrogens (tertiary/aromatic N) is 4. The Bertz CT molecular complexity index is 830. The molecule has 0 unspecified atom stereocenters. The first-order chi connectivity index (χ1) is 10.3. The quantitative estimate of drug-likeness (QED) is 0.652. The molecule has 0 fully saturated rings. The molecule has 0 saturated heterocycles. The Kier molecular flexibility index (Phi) is 3.73. The Morgan fingerprint density at radius 1 is 1.14 bits per heavy atom. The van der Waals surface area contributed by atoms with E-state index >= 15 is 0 Å². The van der Waals surface area contributed by atoms with Gasteiger partial charge in [0.05, 0.1) is 0 Å². The molecule has 0 atom stereocenters. The standard InChI is InChI=1S/C13H8ClF3N4S/c1-7-6-10(22-9-4-2-8(14)3-5-9)21-12(18-7)19-11(20-21)13(15,16)17/h2-6H,1H3. The number of aryl methyl sites for hydroxylation is 1. The van der Waals surface area contributed by atoms with Crippen LogP contribution in [-0.2, 0) is 6.18 Å². The van der Waals surface area contributed by atoms with Crippen molar-refractivity contribution in [1.29, 1.82) is 0 Å². The predicted molar refractivity (Wildman–Crippen MR) is 76.1 cm³/mol. The SMILES string of the molecule is Cc1cc(Sc2ccc(Cl)cc2)n2nc(C(F)(F)F)nc2n1. The zero-order valence-corrected chi connectivity index (χ0v) is 12.7. The summed E-state index contributed by atoms with van der Waals surface area (Å²) in [6.45, 7) is 1.69. The second-order valence-corrected chi connectivity index (χ2v) is 5.97. The molecule has 114 valence electrons. The highest BCUT2D eigenvalue weighted by molar-refractivity contribution is 7.99. The Hall–Kier alpha value is -1.80. The zero-order valence-electron chi connectivity index (χ0n) is 11.1. The monoisotopic (exact) mass is 344 g/mol. The molecule has 0 radical (unpaired) electrons. The maximum Gasteiger partial charge on any atom is 0.453 e. The third-order valence-corrected chi connectivity index (χ3v) is 3.96. The van der Waals surface area contributed by atoms with E-state index in [0.29, 0.717) is 15.7 Å². The number of rotatable bonds is 2. The van der Waals surface area contributed by atoms with Gasteiger partial charge < -0.3 is 0 Å². The van der Waals surface area contributed by atoms with E-state index in [1.54, 1.807) is 37.3 Å². The smallest absolute Gasteiger partial charge is 0.216 e. The van der Waals surface area contributed by atoms with Crippen molar-refractivity contribution in [3.63, 3.8) is 0 Å². The molecular formula is C13H8ClF3N4S. The van der Waals surface area contributed by atoms with Crippen molar-refractivity contribution in [2.24, 2.45) is 0 Å². The van der Waals surface area contributed by atoms with E-state index in [1.165, 1.54) is 11.8 Å². The summed E-state index contributed by atoms with van der Waals surface area (Å²) < 4.78 is 39.3. The fraction of sp³-hybridized carbons (Fsp3) is 0.154. The van der Waals surface area contributed by atoms with Crippen molar-refractivity contribution < 1.29 is 13.2 Å². The Morgan fingerprint density at radius 2 is 1.82 bits per heavy atom. The van der Waals surface area contributed by atoms with Gasteiger partial charge in [0.25, 0.3) is 11.6 Å². The van der Waals surface area contributed by atoms with Crippen LogP contribution < -0.4 is 0 Å². The summed E-state index contributed by atoms with van der Waals surface area (Å²) in [6.07, 6.45) is -4.61. The summed E-state index contributed by atoms with van der Waals surface area (Å²) >= 11 is 7.08. The number of aromatic nitrogens is 4. The average Bonchev–Trinajstić information content (AvgIpc) is 2.85. The molecule has 22 heavy (non-hydrogen) atoms. The molecule has 0 saturated carbocycles. The molecule has 4 nitrogen and oxygen atoms in total. The number of halogens is 4. The molecular weight excluding hydrogens is 337 g/mol. The molecule has 0 spiro atoms. The number of benzene rings is 1. The molecule has 2 aromatic heterocycles. The van der Waals surface area contributed by atoms with Crippen molar-refractivity contribution in [1.82, 2.24) is 19.6 Å². The molecule has 0 amide bonds. The third-order valence-electron chi connectivity index (χ3n) is 2.70. The summed E-state index contributed by atoms with van der Waals surface area (Å²) in [5.74, 6) is -1.28. The van der Waals surface area contributed by atoms with Gasteiger partial charge in [-0.2, -0.15) is 22.7 Å². The fourth-order valence-electron chi connectivity index (χ4n) is 1.77. The van der Waals surface area contributed by atoms with Gasteiger partial charge in [0.2, 0.25) is 0 Å². The van der Waals surface area contributed by atoms with Crippen LogP contribution in [0.4, 0.5) is 13.2 Å². The molecule has 0 aliphatic carbocycles. The Morgan fingerprint density at radius 3 is 2.45 bits per heavy atom. The van der Waals surface area contributed by atoms with E-state index in [9.17, 15) is 13.2 Å². The maximum atomic E-state index is 12.7. The molecule has 9 heteroatoms. The van der Waals surface area contributed by atoms with Gasteiger partial charge in [0, 0.05) is 15.6 Å². The van der Waals surface area contributed by atoms with Crippen LogP contribution in [-0.4, -0.2) is 19.6 Å². The van der Waals surface area contributed by atoms with Crippen LogP contribution >= 0.6 is 23.4 Å². The highest BCUT2D eigenvalue weighted by Gasteiger charge is 2.36. The summed E-state index contributed by atoms with van der Waals surface area (Å²) in [5.41, 5.74) is 0.560. The van der Waals surface area contributed by atoms with E-state index in [0.717, 1.165) is 9.41 Å². The Balaban J connectivity index is 2.08. The van der Waals surface area contributed by atoms with Gasteiger partial charge >= 0.3 is 6.18 Å². The second kappa shape index (κ2) is 5.44. The minimum absolute atomic E-state index is 0.0798. The van der Waals surface area contributed by atoms with Crippen LogP contribution in [0.5, 0.6) is 0 Å². The second-order valence-electron chi connectivity index (χ2n) is 4.44. The lowest BCUT2D eigenvalue weighted by Crippen LogP contribution is -2.07. The van der Waals surface area contributed by atoms with Crippen molar-refractivity contribution in [3.8, 4) is 0 Å². The summed E-state index contributed by atoms with van der Waals surface area (Å²) in [5, 5.41) is 4.59. The molecule has 2 heterocycles. The molecule has 0 aliphatic rings. The lowest BCUT2D eigenvalue weighted by atomic mass is 10.4. The summed E-state index contributed by atoms with van der Waals surface area (Å²) in [4.78, 5) is 8.24. The van der Waals surface area contributed by atoms with Crippen molar-refractivity contribution in [3.05, 3.63) is 46.9 Å². The topological polar surface area (TPSA) is 43.1 Å². The van der Waals surface area contributed by atoms with E-state index in [-0.39, 0.29) is 5.78 Å². The van der Waals surface area contributed by atoms with Crippen LogP contribution in [0.15, 0.2) is 40.3 Å². The van der Waals surface area contributed by atoms with Crippen LogP contribution in [0.3, 0.4) is 0 Å². The van der Waals surface area contributed by atoms with Crippen molar-refractivity contribution in [2.75, 3.05) is 0 Å². The number of alkyl halides is 3. The molecule has 3 aromatic rings. The first-order valence-corrected chi connectivity index (χ1v) is 7.27. The highest BCUT2D eigenvalue weighted by atomic mass is 35.5. The van der Waals surface area contributed by atoms with E-state index in [4.69, 9.17) is 11.6 Å². The van der Waals surface area contributed by atoms with Crippen molar-refractivity contribution >= 4 is 29.1 Å². The summed E-state index contributed by atoms with van der Waals surface area (Å²) in [6, 6.07) is 8.61. The van der Waals surface area contributed by atoms with Crippen LogP contribution in [0, 0.1) is 6.92 Å². The first kappa shape index (κ1) is 15.1. The number of hydrogen-bond donors (Lipinski definition) is 0. The fourth-order valence-corrected chi connectivity index (χ4v) is 2.85. The molecule has 0 bridgehead atoms. The van der Waals surface area contributed by atoms with Crippen LogP contribution in [0.25, 0.3) is 5.78 Å². The molecule has 1 aromatic carbocycles. The average molecular weight is 345 g/mol. The summed E-state index contributed by atoms with van der Waals surface area (Å²) in [7, 11) is 0. The van der Waals surface area contributed by atoms with Gasteiger partial charge in [-0.3, -0.25) is 0 Å². The minimum atomic E-state index is -4.61. The van der Waals surface area contributed by atoms with Crippen molar-refractivity contribution in [2.45, 2.75) is 23.0 Å². The normalized spacial score (nSPS) is 12.0.